The molecule has 174 valence electrons. The lowest BCUT2D eigenvalue weighted by Crippen LogP contribution is -2.29. The van der Waals surface area contributed by atoms with Crippen molar-refractivity contribution in [1.82, 2.24) is 5.32 Å². The van der Waals surface area contributed by atoms with Crippen LogP contribution >= 0.6 is 0 Å². The van der Waals surface area contributed by atoms with Gasteiger partial charge in [-0.1, -0.05) is 39.3 Å². The molecule has 1 rings (SSSR count). The minimum Gasteiger partial charge on any atom is -0.378 e. The van der Waals surface area contributed by atoms with E-state index >= 15 is 0 Å². The lowest BCUT2D eigenvalue weighted by Gasteiger charge is -2.25. The second kappa shape index (κ2) is 11.9. The summed E-state index contributed by atoms with van der Waals surface area (Å²) >= 11 is 0. The summed E-state index contributed by atoms with van der Waals surface area (Å²) in [5.74, 6) is -0.0497. The van der Waals surface area contributed by atoms with E-state index in [1.54, 1.807) is 0 Å². The monoisotopic (exact) mass is 445 g/mol. The summed E-state index contributed by atoms with van der Waals surface area (Å²) in [6.45, 7) is 12.7. The van der Waals surface area contributed by atoms with Gasteiger partial charge in [0.15, 0.2) is 0 Å². The number of carbonyl (C=O) groups is 2. The van der Waals surface area contributed by atoms with Crippen molar-refractivity contribution < 1.29 is 23.3 Å². The molecule has 0 radical (unpaired) electrons. The molecule has 0 spiro atoms. The normalized spacial score (nSPS) is 22.7. The van der Waals surface area contributed by atoms with Gasteiger partial charge in [0, 0.05) is 37.4 Å². The smallest absolute Gasteiger partial charge is 0.254 e. The van der Waals surface area contributed by atoms with E-state index < -0.39 is 15.6 Å². The molecule has 2 amide bonds. The first-order valence-corrected chi connectivity index (χ1v) is 12.3. The maximum absolute atomic E-state index is 13.4. The first-order valence-electron chi connectivity index (χ1n) is 10.5. The van der Waals surface area contributed by atoms with Gasteiger partial charge < -0.3 is 20.5 Å². The van der Waals surface area contributed by atoms with Crippen LogP contribution in [0.1, 0.15) is 47.5 Å². The number of hydrogen-bond donors (Lipinski definition) is 2. The number of carbonyl (C=O) groups excluding carboxylic acids is 2. The highest BCUT2D eigenvalue weighted by atomic mass is 32.2. The van der Waals surface area contributed by atoms with Crippen LogP contribution in [0.2, 0.25) is 0 Å². The van der Waals surface area contributed by atoms with Crippen molar-refractivity contribution in [2.75, 3.05) is 51.0 Å². The topological polar surface area (TPSA) is 120 Å². The van der Waals surface area contributed by atoms with Crippen molar-refractivity contribution in [3.8, 4) is 0 Å². The summed E-state index contributed by atoms with van der Waals surface area (Å²) in [6, 6.07) is 0. The SMILES string of the molecule is CC1=CC(C)(C)CS(=O)(=NC(=O)CCC(=O)NCCOCCOCCN)CC1(C)C. The number of hydrogen-bond acceptors (Lipinski definition) is 6. The number of rotatable bonds is 11. The average molecular weight is 446 g/mol. The lowest BCUT2D eigenvalue weighted by atomic mass is 9.82. The molecule has 0 fully saturated rings. The number of nitrogens with two attached hydrogens (primary N) is 1. The molecule has 0 aromatic carbocycles. The van der Waals surface area contributed by atoms with Gasteiger partial charge in [-0.2, -0.15) is 4.36 Å². The van der Waals surface area contributed by atoms with Crippen molar-refractivity contribution in [2.24, 2.45) is 20.9 Å². The van der Waals surface area contributed by atoms with E-state index in [0.29, 0.717) is 51.0 Å². The van der Waals surface area contributed by atoms with E-state index in [0.717, 1.165) is 5.57 Å². The van der Waals surface area contributed by atoms with Gasteiger partial charge in [0.25, 0.3) is 5.91 Å². The van der Waals surface area contributed by atoms with Crippen LogP contribution in [0.5, 0.6) is 0 Å². The predicted octanol–water partition coefficient (Wildman–Crippen LogP) is 1.88. The molecule has 8 nitrogen and oxygen atoms in total. The van der Waals surface area contributed by atoms with Crippen LogP contribution < -0.4 is 11.1 Å². The summed E-state index contributed by atoms with van der Waals surface area (Å²) in [6.07, 6.45) is 2.10. The van der Waals surface area contributed by atoms with Crippen LogP contribution in [0.15, 0.2) is 16.0 Å². The van der Waals surface area contributed by atoms with Gasteiger partial charge in [-0.3, -0.25) is 9.59 Å². The third kappa shape index (κ3) is 10.1. The Morgan fingerprint density at radius 2 is 1.73 bits per heavy atom. The molecule has 1 heterocycles. The zero-order valence-electron chi connectivity index (χ0n) is 19.1. The Hall–Kier alpha value is -1.29. The van der Waals surface area contributed by atoms with Crippen molar-refractivity contribution >= 4 is 21.5 Å². The summed E-state index contributed by atoms with van der Waals surface area (Å²) in [4.78, 5) is 24.3. The number of ether oxygens (including phenoxy) is 2. The Kier molecular flexibility index (Phi) is 10.6. The maximum Gasteiger partial charge on any atom is 0.254 e. The fraction of sp³-hybridized carbons (Fsp3) is 0.810. The first-order chi connectivity index (χ1) is 13.9. The standard InChI is InChI=1S/C21H39N3O5S/c1-17-14-20(2,3)15-30(27,16-21(17,4)5)24-19(26)7-6-18(25)23-9-11-29-13-12-28-10-8-22/h14H,6-13,15-16,22H2,1-5H3,(H,23,25). The molecule has 9 heteroatoms. The third-order valence-electron chi connectivity index (χ3n) is 4.90. The van der Waals surface area contributed by atoms with Gasteiger partial charge in [0.2, 0.25) is 5.91 Å². The largest absolute Gasteiger partial charge is 0.378 e. The molecular weight excluding hydrogens is 406 g/mol. The van der Waals surface area contributed by atoms with Crippen LogP contribution in [0.4, 0.5) is 0 Å². The summed E-state index contributed by atoms with van der Waals surface area (Å²) in [5.41, 5.74) is 5.88. The average Bonchev–Trinajstić information content (AvgIpc) is 2.65. The first kappa shape index (κ1) is 26.7. The number of allylic oxidation sites excluding steroid dienone is 2. The quantitative estimate of drug-likeness (QED) is 0.370. The molecule has 0 saturated heterocycles. The van der Waals surface area contributed by atoms with E-state index in [-0.39, 0.29) is 29.6 Å². The molecule has 1 aliphatic heterocycles. The molecule has 30 heavy (non-hydrogen) atoms. The Labute approximate surface area is 181 Å². The lowest BCUT2D eigenvalue weighted by molar-refractivity contribution is -0.125. The zero-order valence-corrected chi connectivity index (χ0v) is 19.9. The molecule has 1 atom stereocenters. The maximum atomic E-state index is 13.4. The van der Waals surface area contributed by atoms with Crippen LogP contribution in [-0.2, 0) is 28.8 Å². The van der Waals surface area contributed by atoms with Crippen LogP contribution in [0.3, 0.4) is 0 Å². The highest BCUT2D eigenvalue weighted by molar-refractivity contribution is 7.94. The van der Waals surface area contributed by atoms with Gasteiger partial charge in [-0.25, -0.2) is 4.21 Å². The predicted molar refractivity (Wildman–Crippen MR) is 120 cm³/mol. The Morgan fingerprint density at radius 1 is 1.10 bits per heavy atom. The van der Waals surface area contributed by atoms with Gasteiger partial charge in [-0.05, 0) is 17.8 Å². The zero-order chi connectivity index (χ0) is 22.8. The Morgan fingerprint density at radius 3 is 2.37 bits per heavy atom. The fourth-order valence-corrected chi connectivity index (χ4v) is 6.70. The summed E-state index contributed by atoms with van der Waals surface area (Å²) in [5, 5.41) is 2.70. The molecule has 1 aliphatic rings. The van der Waals surface area contributed by atoms with Crippen LogP contribution in [0, 0.1) is 10.8 Å². The molecular formula is C21H39N3O5S. The van der Waals surface area contributed by atoms with E-state index in [1.807, 2.05) is 34.6 Å². The van der Waals surface area contributed by atoms with Gasteiger partial charge in [0.05, 0.1) is 36.2 Å². The van der Waals surface area contributed by atoms with Crippen molar-refractivity contribution in [3.63, 3.8) is 0 Å². The van der Waals surface area contributed by atoms with E-state index in [4.69, 9.17) is 15.2 Å². The minimum absolute atomic E-state index is 0.0154. The van der Waals surface area contributed by atoms with Crippen molar-refractivity contribution in [3.05, 3.63) is 11.6 Å². The van der Waals surface area contributed by atoms with E-state index in [1.165, 1.54) is 0 Å². The Bertz CT molecular complexity index is 737. The Balaban J connectivity index is 2.46. The molecule has 0 bridgehead atoms. The van der Waals surface area contributed by atoms with Gasteiger partial charge >= 0.3 is 0 Å². The second-order valence-corrected chi connectivity index (χ2v) is 11.4. The molecule has 3 N–H and O–H groups in total. The fourth-order valence-electron chi connectivity index (χ4n) is 3.41. The second-order valence-electron chi connectivity index (χ2n) is 9.11. The highest BCUT2D eigenvalue weighted by Gasteiger charge is 2.35. The molecule has 0 aliphatic carbocycles. The van der Waals surface area contributed by atoms with Crippen molar-refractivity contribution in [1.29, 1.82) is 0 Å². The van der Waals surface area contributed by atoms with E-state index in [2.05, 4.69) is 15.8 Å². The van der Waals surface area contributed by atoms with Crippen LogP contribution in [0.25, 0.3) is 0 Å². The number of nitrogens with zero attached hydrogens (tertiary/aromatic N) is 1. The van der Waals surface area contributed by atoms with E-state index in [9.17, 15) is 13.8 Å². The number of nitrogens with one attached hydrogen (secondary N) is 1. The molecule has 0 aromatic rings. The van der Waals surface area contributed by atoms with Crippen molar-refractivity contribution in [2.45, 2.75) is 47.5 Å². The van der Waals surface area contributed by atoms with Gasteiger partial charge in [0.1, 0.15) is 0 Å². The summed E-state index contributed by atoms with van der Waals surface area (Å²) in [7, 11) is -2.70. The highest BCUT2D eigenvalue weighted by Crippen LogP contribution is 2.38. The molecule has 0 aromatic heterocycles. The molecule has 1 unspecified atom stereocenters. The third-order valence-corrected chi connectivity index (χ3v) is 7.80. The summed E-state index contributed by atoms with van der Waals surface area (Å²) < 4.78 is 28.0. The minimum atomic E-state index is -2.70. The van der Waals surface area contributed by atoms with Crippen LogP contribution in [-0.4, -0.2) is 67.0 Å². The van der Waals surface area contributed by atoms with Gasteiger partial charge in [-0.15, -0.1) is 0 Å². The number of amides is 2. The molecule has 0 saturated carbocycles.